The number of rotatable bonds is 8. The van der Waals surface area contributed by atoms with Gasteiger partial charge in [0.25, 0.3) is 11.8 Å². The molecule has 2 fully saturated rings. The van der Waals surface area contributed by atoms with Gasteiger partial charge in [-0.2, -0.15) is 0 Å². The fourth-order valence-electron chi connectivity index (χ4n) is 6.07. The number of fused-ring (bicyclic) bond motifs is 2. The lowest BCUT2D eigenvalue weighted by Gasteiger charge is -2.53. The fourth-order valence-corrected chi connectivity index (χ4v) is 6.07. The summed E-state index contributed by atoms with van der Waals surface area (Å²) < 4.78 is 7.28. The second-order valence-corrected chi connectivity index (χ2v) is 11.6. The Morgan fingerprint density at radius 3 is 2.24 bits per heavy atom. The van der Waals surface area contributed by atoms with Crippen LogP contribution in [0.2, 0.25) is 0 Å². The number of aromatic nitrogens is 1. The Labute approximate surface area is 240 Å². The molecule has 0 unspecified atom stereocenters. The third-order valence-corrected chi connectivity index (χ3v) is 8.73. The molecule has 1 spiro atoms. The van der Waals surface area contributed by atoms with Crippen LogP contribution in [0.3, 0.4) is 0 Å². The first-order valence-corrected chi connectivity index (χ1v) is 14.4. The molecule has 3 aromatic rings. The molecule has 0 bridgehead atoms. The van der Waals surface area contributed by atoms with E-state index in [1.54, 1.807) is 19.0 Å². The van der Waals surface area contributed by atoms with Crippen LogP contribution in [0.5, 0.6) is 0 Å². The van der Waals surface area contributed by atoms with Crippen LogP contribution >= 0.6 is 0 Å². The summed E-state index contributed by atoms with van der Waals surface area (Å²) in [6.45, 7) is 3.80. The maximum atomic E-state index is 13.3. The molecule has 9 nitrogen and oxygen atoms in total. The molecule has 1 aromatic heterocycles. The highest BCUT2D eigenvalue weighted by Crippen LogP contribution is 2.49. The van der Waals surface area contributed by atoms with Crippen LogP contribution in [0, 0.1) is 5.92 Å². The van der Waals surface area contributed by atoms with Crippen LogP contribution in [-0.4, -0.2) is 65.9 Å². The van der Waals surface area contributed by atoms with Crippen molar-refractivity contribution >= 4 is 23.4 Å². The Morgan fingerprint density at radius 2 is 1.63 bits per heavy atom. The van der Waals surface area contributed by atoms with Crippen molar-refractivity contribution in [3.05, 3.63) is 88.7 Å². The molecule has 214 valence electrons. The largest absolute Gasteiger partial charge is 0.380 e. The lowest BCUT2D eigenvalue weighted by molar-refractivity contribution is -0.133. The normalized spacial score (nSPS) is 17.7. The van der Waals surface area contributed by atoms with E-state index in [2.05, 4.69) is 38.3 Å². The third-order valence-electron chi connectivity index (χ3n) is 8.73. The Hall–Kier alpha value is -3.95. The summed E-state index contributed by atoms with van der Waals surface area (Å²) >= 11 is 0. The van der Waals surface area contributed by atoms with Gasteiger partial charge in [0.15, 0.2) is 0 Å². The zero-order chi connectivity index (χ0) is 28.6. The zero-order valence-corrected chi connectivity index (χ0v) is 23.7. The quantitative estimate of drug-likeness (QED) is 0.443. The molecule has 3 heterocycles. The third kappa shape index (κ3) is 5.27. The molecular weight excluding hydrogens is 518 g/mol. The molecule has 3 amide bonds. The van der Waals surface area contributed by atoms with E-state index in [9.17, 15) is 14.4 Å². The lowest BCUT2D eigenvalue weighted by Crippen LogP contribution is -2.56. The van der Waals surface area contributed by atoms with E-state index in [1.807, 2.05) is 42.5 Å². The van der Waals surface area contributed by atoms with Gasteiger partial charge in [0.05, 0.1) is 24.7 Å². The molecule has 2 N–H and O–H groups in total. The lowest BCUT2D eigenvalue weighted by atomic mass is 9.71. The summed E-state index contributed by atoms with van der Waals surface area (Å²) in [6, 6.07) is 19.6. The van der Waals surface area contributed by atoms with Crippen molar-refractivity contribution in [1.29, 1.82) is 0 Å². The Balaban J connectivity index is 1.09. The van der Waals surface area contributed by atoms with Gasteiger partial charge in [-0.05, 0) is 66.8 Å². The summed E-state index contributed by atoms with van der Waals surface area (Å²) in [5.74, 6) is -0.163. The molecule has 3 aliphatic rings. The topological polar surface area (TPSA) is 95.9 Å². The number of carbonyl (C=O) groups is 3. The second kappa shape index (κ2) is 11.1. The van der Waals surface area contributed by atoms with Gasteiger partial charge in [-0.25, -0.2) is 0 Å². The van der Waals surface area contributed by atoms with E-state index in [0.29, 0.717) is 31.0 Å². The van der Waals surface area contributed by atoms with Crippen LogP contribution in [0.4, 0.5) is 5.69 Å². The van der Waals surface area contributed by atoms with E-state index in [-0.39, 0.29) is 29.2 Å². The number of ether oxygens (including phenoxy) is 1. The summed E-state index contributed by atoms with van der Waals surface area (Å²) in [6.07, 6.45) is 3.32. The van der Waals surface area contributed by atoms with Gasteiger partial charge >= 0.3 is 0 Å². The van der Waals surface area contributed by atoms with Crippen LogP contribution in [-0.2, 0) is 34.7 Å². The van der Waals surface area contributed by atoms with Gasteiger partial charge in [-0.1, -0.05) is 24.3 Å². The first-order valence-electron chi connectivity index (χ1n) is 14.4. The molecule has 1 saturated heterocycles. The van der Waals surface area contributed by atoms with Gasteiger partial charge in [0, 0.05) is 57.2 Å². The minimum atomic E-state index is -0.0808. The number of hydrogen-bond donors (Lipinski definition) is 2. The van der Waals surface area contributed by atoms with E-state index < -0.39 is 0 Å². The molecule has 0 atom stereocenters. The predicted molar refractivity (Wildman–Crippen MR) is 155 cm³/mol. The molecule has 2 aromatic carbocycles. The van der Waals surface area contributed by atoms with Crippen LogP contribution in [0.1, 0.15) is 56.9 Å². The monoisotopic (exact) mass is 555 g/mol. The highest BCUT2D eigenvalue weighted by Gasteiger charge is 2.48. The second-order valence-electron chi connectivity index (χ2n) is 11.6. The standard InChI is InChI=1S/C32H37N5O4/c1-35(2)31(40)24-8-4-23(5-9-24)19-36-16-17-37-27(12-13-28(37)32(36)14-3-15-32)30(39)33-18-22-6-10-26(11-7-22)34-29(38)25-20-41-21-25/h4-13,25H,3,14-21H2,1-2H3,(H,33,39)(H,34,38). The maximum absolute atomic E-state index is 13.3. The van der Waals surface area contributed by atoms with Crippen molar-refractivity contribution in [2.24, 2.45) is 5.92 Å². The van der Waals surface area contributed by atoms with Gasteiger partial charge in [-0.15, -0.1) is 0 Å². The van der Waals surface area contributed by atoms with E-state index in [1.165, 1.54) is 17.7 Å². The number of benzene rings is 2. The zero-order valence-electron chi connectivity index (χ0n) is 23.7. The average molecular weight is 556 g/mol. The van der Waals surface area contributed by atoms with Gasteiger partial charge in [-0.3, -0.25) is 19.3 Å². The average Bonchev–Trinajstić information content (AvgIpc) is 3.35. The molecule has 41 heavy (non-hydrogen) atoms. The van der Waals surface area contributed by atoms with Crippen LogP contribution in [0.15, 0.2) is 60.7 Å². The number of amides is 3. The first-order chi connectivity index (χ1) is 19.8. The number of carbonyl (C=O) groups excluding carboxylic acids is 3. The Bertz CT molecular complexity index is 1440. The van der Waals surface area contributed by atoms with Crippen molar-refractivity contribution in [1.82, 2.24) is 19.7 Å². The molecule has 2 aliphatic heterocycles. The molecule has 0 radical (unpaired) electrons. The number of nitrogens with one attached hydrogen (secondary N) is 2. The molecule has 9 heteroatoms. The summed E-state index contributed by atoms with van der Waals surface area (Å²) in [5, 5.41) is 5.99. The summed E-state index contributed by atoms with van der Waals surface area (Å²) in [7, 11) is 3.53. The van der Waals surface area contributed by atoms with E-state index >= 15 is 0 Å². The Morgan fingerprint density at radius 1 is 0.927 bits per heavy atom. The first kappa shape index (κ1) is 27.2. The smallest absolute Gasteiger partial charge is 0.268 e. The van der Waals surface area contributed by atoms with Crippen molar-refractivity contribution in [3.63, 3.8) is 0 Å². The number of anilines is 1. The van der Waals surface area contributed by atoms with Crippen molar-refractivity contribution in [3.8, 4) is 0 Å². The van der Waals surface area contributed by atoms with Gasteiger partial charge in [0.2, 0.25) is 5.91 Å². The van der Waals surface area contributed by atoms with E-state index in [4.69, 9.17) is 4.74 Å². The highest BCUT2D eigenvalue weighted by atomic mass is 16.5. The van der Waals surface area contributed by atoms with Crippen LogP contribution < -0.4 is 10.6 Å². The van der Waals surface area contributed by atoms with Crippen LogP contribution in [0.25, 0.3) is 0 Å². The van der Waals surface area contributed by atoms with Gasteiger partial charge < -0.3 is 24.8 Å². The maximum Gasteiger partial charge on any atom is 0.268 e. The summed E-state index contributed by atoms with van der Waals surface area (Å²) in [5.41, 5.74) is 5.45. The van der Waals surface area contributed by atoms with Crippen molar-refractivity contribution in [2.75, 3.05) is 39.2 Å². The molecule has 6 rings (SSSR count). The Kier molecular flexibility index (Phi) is 7.40. The minimum Gasteiger partial charge on any atom is -0.380 e. The van der Waals surface area contributed by atoms with Crippen molar-refractivity contribution < 1.29 is 19.1 Å². The van der Waals surface area contributed by atoms with E-state index in [0.717, 1.165) is 43.7 Å². The molecule has 1 saturated carbocycles. The molecule has 1 aliphatic carbocycles. The molecular formula is C32H37N5O4. The minimum absolute atomic E-state index is 0.00857. The SMILES string of the molecule is CN(C)C(=O)c1ccc(CN2CCn3c(C(=O)NCc4ccc(NC(=O)C5COC5)cc4)ccc3C23CCC3)cc1. The highest BCUT2D eigenvalue weighted by molar-refractivity contribution is 5.94. The number of hydrogen-bond acceptors (Lipinski definition) is 5. The van der Waals surface area contributed by atoms with Crippen molar-refractivity contribution in [2.45, 2.75) is 44.4 Å². The predicted octanol–water partition coefficient (Wildman–Crippen LogP) is 3.60. The number of nitrogens with zero attached hydrogens (tertiary/aromatic N) is 3. The van der Waals surface area contributed by atoms with Gasteiger partial charge in [0.1, 0.15) is 5.69 Å². The summed E-state index contributed by atoms with van der Waals surface area (Å²) in [4.78, 5) is 41.8. The fraction of sp³-hybridized carbons (Fsp3) is 0.406.